The first-order chi connectivity index (χ1) is 7.11. The fourth-order valence-electron chi connectivity index (χ4n) is 0.891. The molecule has 1 rings (SSSR count). The minimum absolute atomic E-state index is 0.591. The third-order valence-corrected chi connectivity index (χ3v) is 1.66. The Morgan fingerprint density at radius 2 is 1.12 bits per heavy atom. The highest BCUT2D eigenvalue weighted by Gasteiger charge is 2.75. The molecule has 0 aliphatic heterocycles. The largest absolute Gasteiger partial charge is 0.439 e. The Hall–Kier alpha value is -1.41. The number of hydrogen-bond donors (Lipinski definition) is 0. The summed E-state index contributed by atoms with van der Waals surface area (Å²) in [5.41, 5.74) is -5.55. The first-order valence-corrected chi connectivity index (χ1v) is 3.70. The van der Waals surface area contributed by atoms with Gasteiger partial charge >= 0.3 is 18.0 Å². The van der Waals surface area contributed by atoms with Gasteiger partial charge in [0.1, 0.15) is 0 Å². The number of alkyl halides is 7. The van der Waals surface area contributed by atoms with E-state index in [1.165, 1.54) is 0 Å². The molecule has 90 valence electrons. The molecule has 0 aliphatic rings. The molecule has 0 aliphatic carbocycles. The molecule has 1 heterocycles. The Bertz CT molecular complexity index is 341. The zero-order valence-electron chi connectivity index (χ0n) is 7.27. The van der Waals surface area contributed by atoms with Gasteiger partial charge in [0.2, 0.25) is 0 Å². The molecule has 0 aromatic carbocycles. The van der Waals surface area contributed by atoms with Gasteiger partial charge in [-0.1, -0.05) is 0 Å². The van der Waals surface area contributed by atoms with Crippen LogP contribution in [0.25, 0.3) is 0 Å². The number of aromatic nitrogens is 2. The van der Waals surface area contributed by atoms with Crippen LogP contribution in [-0.2, 0) is 5.67 Å². The van der Waals surface area contributed by atoms with Crippen LogP contribution in [0.4, 0.5) is 30.7 Å². The molecule has 0 saturated heterocycles. The highest BCUT2D eigenvalue weighted by Crippen LogP contribution is 2.51. The molecule has 0 fully saturated rings. The van der Waals surface area contributed by atoms with Crippen molar-refractivity contribution in [2.45, 2.75) is 18.0 Å². The Morgan fingerprint density at radius 1 is 0.750 bits per heavy atom. The van der Waals surface area contributed by atoms with E-state index in [1.54, 1.807) is 0 Å². The molecule has 0 N–H and O–H groups in total. The Labute approximate surface area is 84.1 Å². The van der Waals surface area contributed by atoms with Gasteiger partial charge in [-0.3, -0.25) is 0 Å². The first kappa shape index (κ1) is 12.7. The molecule has 2 nitrogen and oxygen atoms in total. The molecule has 0 bridgehead atoms. The van der Waals surface area contributed by atoms with Gasteiger partial charge in [0.05, 0.1) is 0 Å². The highest BCUT2D eigenvalue weighted by molar-refractivity contribution is 5.10. The zero-order valence-corrected chi connectivity index (χ0v) is 7.27. The summed E-state index contributed by atoms with van der Waals surface area (Å²) in [5.74, 6) is -1.98. The van der Waals surface area contributed by atoms with E-state index in [0.29, 0.717) is 12.4 Å². The van der Waals surface area contributed by atoms with Gasteiger partial charge in [-0.15, -0.1) is 0 Å². The fourth-order valence-corrected chi connectivity index (χ4v) is 0.891. The summed E-state index contributed by atoms with van der Waals surface area (Å²) in [6.07, 6.45) is -11.2. The summed E-state index contributed by atoms with van der Waals surface area (Å²) < 4.78 is 85.8. The third kappa shape index (κ3) is 1.81. The maximum Gasteiger partial charge on any atom is 0.439 e. The van der Waals surface area contributed by atoms with Crippen molar-refractivity contribution in [2.24, 2.45) is 0 Å². The van der Waals surface area contributed by atoms with Crippen LogP contribution in [0.5, 0.6) is 0 Å². The van der Waals surface area contributed by atoms with Gasteiger partial charge < -0.3 is 0 Å². The van der Waals surface area contributed by atoms with Gasteiger partial charge in [0.15, 0.2) is 5.82 Å². The van der Waals surface area contributed by atoms with E-state index < -0.39 is 23.8 Å². The molecule has 1 aromatic heterocycles. The summed E-state index contributed by atoms with van der Waals surface area (Å²) in [7, 11) is 0. The number of hydrogen-bond acceptors (Lipinski definition) is 2. The normalized spacial score (nSPS) is 13.9. The molecule has 0 unspecified atom stereocenters. The van der Waals surface area contributed by atoms with Gasteiger partial charge in [0.25, 0.3) is 0 Å². The number of rotatable bonds is 1. The second-order valence-electron chi connectivity index (χ2n) is 2.73. The molecular weight excluding hydrogens is 245 g/mol. The van der Waals surface area contributed by atoms with Crippen LogP contribution in [0, 0.1) is 0 Å². The first-order valence-electron chi connectivity index (χ1n) is 3.70. The molecule has 0 saturated carbocycles. The summed E-state index contributed by atoms with van der Waals surface area (Å²) >= 11 is 0. The summed E-state index contributed by atoms with van der Waals surface area (Å²) in [4.78, 5) is 5.32. The zero-order chi connectivity index (χ0) is 12.6. The van der Waals surface area contributed by atoms with E-state index in [2.05, 4.69) is 9.97 Å². The summed E-state index contributed by atoms with van der Waals surface area (Å²) in [5, 5.41) is 0. The van der Waals surface area contributed by atoms with Crippen LogP contribution in [0.3, 0.4) is 0 Å². The second kappa shape index (κ2) is 3.56. The predicted octanol–water partition coefficient (Wildman–Crippen LogP) is 2.77. The molecule has 9 heteroatoms. The van der Waals surface area contributed by atoms with Crippen LogP contribution in [0.1, 0.15) is 5.82 Å². The SMILES string of the molecule is FC(F)(F)C(F)(c1ncccn1)C(F)(F)F. The maximum atomic E-state index is 13.2. The molecule has 1 aromatic rings. The molecule has 0 amide bonds. The summed E-state index contributed by atoms with van der Waals surface area (Å²) in [6, 6.07) is 0.969. The Kier molecular flexibility index (Phi) is 2.82. The minimum atomic E-state index is -6.17. The van der Waals surface area contributed by atoms with Crippen molar-refractivity contribution in [1.29, 1.82) is 0 Å². The smallest absolute Gasteiger partial charge is 0.237 e. The second-order valence-corrected chi connectivity index (χ2v) is 2.73. The predicted molar refractivity (Wildman–Crippen MR) is 36.9 cm³/mol. The van der Waals surface area contributed by atoms with E-state index in [0.717, 1.165) is 6.07 Å². The lowest BCUT2D eigenvalue weighted by molar-refractivity contribution is -0.351. The lowest BCUT2D eigenvalue weighted by atomic mass is 10.0. The van der Waals surface area contributed by atoms with Gasteiger partial charge in [-0.05, 0) is 6.07 Å². The maximum absolute atomic E-state index is 13.2. The number of nitrogens with zero attached hydrogens (tertiary/aromatic N) is 2. The lowest BCUT2D eigenvalue weighted by Crippen LogP contribution is -2.51. The molecule has 16 heavy (non-hydrogen) atoms. The van der Waals surface area contributed by atoms with E-state index in [-0.39, 0.29) is 0 Å². The minimum Gasteiger partial charge on any atom is -0.237 e. The van der Waals surface area contributed by atoms with Crippen LogP contribution in [-0.4, -0.2) is 22.3 Å². The van der Waals surface area contributed by atoms with Crippen LogP contribution in [0.15, 0.2) is 18.5 Å². The quantitative estimate of drug-likeness (QED) is 0.714. The van der Waals surface area contributed by atoms with Crippen molar-refractivity contribution < 1.29 is 30.7 Å². The van der Waals surface area contributed by atoms with E-state index >= 15 is 0 Å². The van der Waals surface area contributed by atoms with Crippen molar-refractivity contribution >= 4 is 0 Å². The molecular formula is C7H3F7N2. The van der Waals surface area contributed by atoms with Gasteiger partial charge in [-0.25, -0.2) is 14.4 Å². The average Bonchev–Trinajstić information content (AvgIpc) is 2.14. The fraction of sp³-hybridized carbons (Fsp3) is 0.429. The van der Waals surface area contributed by atoms with Crippen LogP contribution >= 0.6 is 0 Å². The molecule has 0 atom stereocenters. The van der Waals surface area contributed by atoms with Crippen molar-refractivity contribution in [1.82, 2.24) is 9.97 Å². The standard InChI is InChI=1S/C7H3F7N2/c8-5(6(9,10)11,7(12,13)14)4-15-2-1-3-16-4/h1-3H. The molecule has 0 spiro atoms. The van der Waals surface area contributed by atoms with Crippen LogP contribution < -0.4 is 0 Å². The topological polar surface area (TPSA) is 25.8 Å². The van der Waals surface area contributed by atoms with Gasteiger partial charge in [-0.2, -0.15) is 26.3 Å². The highest BCUT2D eigenvalue weighted by atomic mass is 19.4. The molecule has 0 radical (unpaired) electrons. The van der Waals surface area contributed by atoms with Crippen molar-refractivity contribution in [2.75, 3.05) is 0 Å². The van der Waals surface area contributed by atoms with Crippen molar-refractivity contribution in [3.05, 3.63) is 24.3 Å². The third-order valence-electron chi connectivity index (χ3n) is 1.66. The number of halogens is 7. The van der Waals surface area contributed by atoms with E-state index in [4.69, 9.17) is 0 Å². The van der Waals surface area contributed by atoms with Gasteiger partial charge in [0, 0.05) is 12.4 Å². The summed E-state index contributed by atoms with van der Waals surface area (Å²) in [6.45, 7) is 0. The van der Waals surface area contributed by atoms with E-state index in [9.17, 15) is 30.7 Å². The Morgan fingerprint density at radius 3 is 1.44 bits per heavy atom. The average molecular weight is 248 g/mol. The lowest BCUT2D eigenvalue weighted by Gasteiger charge is -2.28. The monoisotopic (exact) mass is 248 g/mol. The van der Waals surface area contributed by atoms with E-state index in [1.807, 2.05) is 0 Å². The van der Waals surface area contributed by atoms with Crippen molar-refractivity contribution in [3.8, 4) is 0 Å². The Balaban J connectivity index is 3.39. The van der Waals surface area contributed by atoms with Crippen LogP contribution in [0.2, 0.25) is 0 Å². The van der Waals surface area contributed by atoms with Crippen molar-refractivity contribution in [3.63, 3.8) is 0 Å².